The van der Waals surface area contributed by atoms with Crippen LogP contribution in [0.2, 0.25) is 0 Å². The number of rotatable bonds is 4. The predicted molar refractivity (Wildman–Crippen MR) is 98.9 cm³/mol. The fraction of sp³-hybridized carbons (Fsp3) is 0.579. The van der Waals surface area contributed by atoms with Gasteiger partial charge in [-0.2, -0.15) is 11.8 Å². The van der Waals surface area contributed by atoms with Gasteiger partial charge in [0, 0.05) is 49.7 Å². The van der Waals surface area contributed by atoms with Crippen LogP contribution in [-0.4, -0.2) is 72.0 Å². The van der Waals surface area contributed by atoms with Crippen molar-refractivity contribution in [2.45, 2.75) is 13.0 Å². The van der Waals surface area contributed by atoms with Crippen molar-refractivity contribution in [3.05, 3.63) is 35.4 Å². The summed E-state index contributed by atoms with van der Waals surface area (Å²) in [5.41, 5.74) is 2.55. The normalized spacial score (nSPS) is 20.0. The van der Waals surface area contributed by atoms with Crippen molar-refractivity contribution in [3.8, 4) is 11.8 Å². The quantitative estimate of drug-likeness (QED) is 0.620. The van der Waals surface area contributed by atoms with E-state index in [0.717, 1.165) is 51.4 Å². The average molecular weight is 332 g/mol. The first kappa shape index (κ1) is 16.9. The molecule has 124 valence electrons. The van der Waals surface area contributed by atoms with E-state index in [2.05, 4.69) is 62.4 Å². The molecule has 0 radical (unpaired) electrons. The fourth-order valence-electron chi connectivity index (χ4n) is 3.01. The Morgan fingerprint density at radius 3 is 2.70 bits per heavy atom. The van der Waals surface area contributed by atoms with E-state index >= 15 is 0 Å². The molecule has 0 unspecified atom stereocenters. The van der Waals surface area contributed by atoms with Gasteiger partial charge in [-0.3, -0.25) is 9.80 Å². The first-order valence-corrected chi connectivity index (χ1v) is 9.79. The molecule has 1 aromatic carbocycles. The number of aliphatic hydroxyl groups is 2. The Morgan fingerprint density at radius 1 is 1.04 bits per heavy atom. The summed E-state index contributed by atoms with van der Waals surface area (Å²) in [5.74, 6) is 9.21. The topological polar surface area (TPSA) is 19.3 Å². The van der Waals surface area contributed by atoms with Crippen LogP contribution >= 0.6 is 11.8 Å². The Kier molecular flexibility index (Phi) is 6.84. The number of hydrogen-bond acceptors (Lipinski definition) is 3. The molecular formula is C19H27N2OS+. The molecule has 0 spiro atoms. The summed E-state index contributed by atoms with van der Waals surface area (Å²) in [7, 11) is 0. The van der Waals surface area contributed by atoms with E-state index in [1.807, 2.05) is 0 Å². The Hall–Kier alpha value is -0.990. The molecule has 0 amide bonds. The lowest BCUT2D eigenvalue weighted by Gasteiger charge is -2.26. The Morgan fingerprint density at radius 2 is 1.87 bits per heavy atom. The summed E-state index contributed by atoms with van der Waals surface area (Å²) in [6.07, 6.45) is 0.952. The summed E-state index contributed by atoms with van der Waals surface area (Å²) < 4.78 is 4.38. The molecule has 2 saturated heterocycles. The summed E-state index contributed by atoms with van der Waals surface area (Å²) >= 11 is 2.06. The van der Waals surface area contributed by atoms with Gasteiger partial charge < -0.3 is 4.74 Å². The van der Waals surface area contributed by atoms with Gasteiger partial charge in [-0.25, -0.2) is 0 Å². The van der Waals surface area contributed by atoms with E-state index in [1.54, 1.807) is 0 Å². The second kappa shape index (κ2) is 9.34. The SMILES string of the molecule is C(#Cc1cccc(CN2CCSCC2)c1)CCN1CC[OH+]CC1. The van der Waals surface area contributed by atoms with Crippen molar-refractivity contribution in [1.29, 1.82) is 0 Å². The van der Waals surface area contributed by atoms with Crippen molar-refractivity contribution < 1.29 is 4.74 Å². The van der Waals surface area contributed by atoms with Gasteiger partial charge in [0.05, 0.1) is 13.1 Å². The standard InChI is InChI=1S/C19H26N2OS/c1(2-7-20-8-12-22-13-9-20)4-18-5-3-6-19(16-18)17-21-10-14-23-15-11-21/h3,5-6,16H,2,7-15,17H2/p+1. The molecule has 23 heavy (non-hydrogen) atoms. The summed E-state index contributed by atoms with van der Waals surface area (Å²) in [6.45, 7) is 8.75. The van der Waals surface area contributed by atoms with E-state index in [0.29, 0.717) is 0 Å². The van der Waals surface area contributed by atoms with Gasteiger partial charge in [-0.15, -0.1) is 0 Å². The minimum atomic E-state index is 0.952. The monoisotopic (exact) mass is 331 g/mol. The first-order chi connectivity index (χ1) is 11.4. The summed E-state index contributed by atoms with van der Waals surface area (Å²) in [4.78, 5) is 5.01. The number of thioether (sulfide) groups is 1. The molecule has 1 aromatic rings. The number of nitrogens with zero attached hydrogens (tertiary/aromatic N) is 2. The zero-order valence-corrected chi connectivity index (χ0v) is 14.7. The molecule has 4 heteroatoms. The Labute approximate surface area is 144 Å². The fourth-order valence-corrected chi connectivity index (χ4v) is 3.99. The van der Waals surface area contributed by atoms with Gasteiger partial charge in [-0.1, -0.05) is 24.0 Å². The maximum Gasteiger partial charge on any atom is 0.157 e. The smallest absolute Gasteiger partial charge is 0.157 e. The highest BCUT2D eigenvalue weighted by atomic mass is 32.2. The highest BCUT2D eigenvalue weighted by Gasteiger charge is 2.12. The van der Waals surface area contributed by atoms with Gasteiger partial charge in [0.15, 0.2) is 13.2 Å². The van der Waals surface area contributed by atoms with Gasteiger partial charge in [0.25, 0.3) is 0 Å². The molecule has 2 aliphatic rings. The summed E-state index contributed by atoms with van der Waals surface area (Å²) in [6, 6.07) is 8.76. The number of hydrogen-bond donors (Lipinski definition) is 0. The molecule has 3 rings (SSSR count). The van der Waals surface area contributed by atoms with Gasteiger partial charge in [-0.05, 0) is 17.7 Å². The molecule has 0 atom stereocenters. The maximum absolute atomic E-state index is 4.38. The molecule has 0 aliphatic carbocycles. The molecule has 1 N–H and O–H groups in total. The zero-order valence-electron chi connectivity index (χ0n) is 13.8. The van der Waals surface area contributed by atoms with E-state index in [4.69, 9.17) is 0 Å². The number of ether oxygens (including phenoxy) is 1. The zero-order chi connectivity index (χ0) is 15.7. The molecule has 0 bridgehead atoms. The van der Waals surface area contributed by atoms with Crippen LogP contribution in [0.15, 0.2) is 24.3 Å². The van der Waals surface area contributed by atoms with Gasteiger partial charge in [0.2, 0.25) is 0 Å². The second-order valence-corrected chi connectivity index (χ2v) is 7.38. The first-order valence-electron chi connectivity index (χ1n) is 8.64. The molecule has 0 aromatic heterocycles. The van der Waals surface area contributed by atoms with Crippen molar-refractivity contribution in [2.24, 2.45) is 0 Å². The largest absolute Gasteiger partial charge is 0.432 e. The number of benzene rings is 1. The highest BCUT2D eigenvalue weighted by Crippen LogP contribution is 2.13. The van der Waals surface area contributed by atoms with Crippen molar-refractivity contribution >= 4 is 11.8 Å². The molecule has 2 aliphatic heterocycles. The molecule has 2 fully saturated rings. The van der Waals surface area contributed by atoms with Crippen molar-refractivity contribution in [1.82, 2.24) is 9.80 Å². The van der Waals surface area contributed by atoms with Crippen LogP contribution in [0.5, 0.6) is 0 Å². The minimum Gasteiger partial charge on any atom is -0.432 e. The minimum absolute atomic E-state index is 0.952. The predicted octanol–water partition coefficient (Wildman–Crippen LogP) is 1.82. The molecular weight excluding hydrogens is 304 g/mol. The van der Waals surface area contributed by atoms with E-state index in [-0.39, 0.29) is 0 Å². The van der Waals surface area contributed by atoms with Crippen LogP contribution in [-0.2, 0) is 6.54 Å². The van der Waals surface area contributed by atoms with E-state index in [9.17, 15) is 0 Å². The van der Waals surface area contributed by atoms with Gasteiger partial charge in [0.1, 0.15) is 0 Å². The molecule has 0 saturated carbocycles. The van der Waals surface area contributed by atoms with E-state index in [1.165, 1.54) is 30.2 Å². The highest BCUT2D eigenvalue weighted by molar-refractivity contribution is 7.99. The van der Waals surface area contributed by atoms with Crippen LogP contribution in [0.25, 0.3) is 0 Å². The third-order valence-corrected chi connectivity index (χ3v) is 5.31. The lowest BCUT2D eigenvalue weighted by Crippen LogP contribution is -2.38. The third-order valence-electron chi connectivity index (χ3n) is 4.37. The lowest BCUT2D eigenvalue weighted by molar-refractivity contribution is -0.0898. The van der Waals surface area contributed by atoms with E-state index < -0.39 is 0 Å². The molecule has 3 nitrogen and oxygen atoms in total. The average Bonchev–Trinajstić information content (AvgIpc) is 2.61. The van der Waals surface area contributed by atoms with Crippen molar-refractivity contribution in [3.63, 3.8) is 0 Å². The Balaban J connectivity index is 1.48. The summed E-state index contributed by atoms with van der Waals surface area (Å²) in [5, 5.41) is 0. The second-order valence-electron chi connectivity index (χ2n) is 6.15. The third kappa shape index (κ3) is 5.86. The van der Waals surface area contributed by atoms with Gasteiger partial charge >= 0.3 is 0 Å². The van der Waals surface area contributed by atoms with Crippen LogP contribution < -0.4 is 0 Å². The van der Waals surface area contributed by atoms with Crippen LogP contribution in [0.3, 0.4) is 0 Å². The van der Waals surface area contributed by atoms with Crippen LogP contribution in [0, 0.1) is 11.8 Å². The maximum atomic E-state index is 4.38. The Bertz CT molecular complexity index is 540. The molecule has 2 heterocycles. The lowest BCUT2D eigenvalue weighted by atomic mass is 10.1. The number of morpholine rings is 1. The van der Waals surface area contributed by atoms with Crippen LogP contribution in [0.1, 0.15) is 17.5 Å². The van der Waals surface area contributed by atoms with Crippen molar-refractivity contribution in [2.75, 3.05) is 57.4 Å². The van der Waals surface area contributed by atoms with Crippen LogP contribution in [0.4, 0.5) is 0 Å².